The van der Waals surface area contributed by atoms with Gasteiger partial charge in [-0.15, -0.1) is 0 Å². The first-order valence-electron chi connectivity index (χ1n) is 4.42. The summed E-state index contributed by atoms with van der Waals surface area (Å²) in [6.07, 6.45) is 0.599. The third-order valence-electron chi connectivity index (χ3n) is 1.79. The van der Waals surface area contributed by atoms with Crippen molar-refractivity contribution in [2.75, 3.05) is 0 Å². The van der Waals surface area contributed by atoms with Crippen LogP contribution in [-0.4, -0.2) is 5.71 Å². The van der Waals surface area contributed by atoms with E-state index in [4.69, 9.17) is 17.3 Å². The molecule has 0 aliphatic carbocycles. The predicted molar refractivity (Wildman–Crippen MR) is 61.3 cm³/mol. The van der Waals surface area contributed by atoms with Crippen molar-refractivity contribution in [1.82, 2.24) is 0 Å². The molecule has 0 aliphatic rings. The lowest BCUT2D eigenvalue weighted by molar-refractivity contribution is 0.580. The first kappa shape index (κ1) is 13.3. The lowest BCUT2D eigenvalue weighted by Gasteiger charge is -2.05. The van der Waals surface area contributed by atoms with Gasteiger partial charge in [-0.05, 0) is 12.1 Å². The Kier molecular flexibility index (Phi) is 4.34. The summed E-state index contributed by atoms with van der Waals surface area (Å²) >= 11 is 5.39. The minimum atomic E-state index is -0.989. The van der Waals surface area contributed by atoms with E-state index >= 15 is 0 Å². The van der Waals surface area contributed by atoms with E-state index < -0.39 is 23.2 Å². The molecule has 0 unspecified atom stereocenters. The largest absolute Gasteiger partial charge is 0.402 e. The van der Waals surface area contributed by atoms with Gasteiger partial charge in [-0.25, -0.2) is 18.2 Å². The maximum atomic E-state index is 13.4. The van der Waals surface area contributed by atoms with Crippen molar-refractivity contribution in [1.29, 1.82) is 0 Å². The Balaban J connectivity index is 3.38. The second-order valence-corrected chi connectivity index (χ2v) is 3.41. The highest BCUT2D eigenvalue weighted by atomic mass is 35.5. The van der Waals surface area contributed by atoms with Crippen LogP contribution in [0.1, 0.15) is 5.56 Å². The second-order valence-electron chi connectivity index (χ2n) is 2.98. The number of hydrogen-bond acceptors (Lipinski definition) is 2. The summed E-state index contributed by atoms with van der Waals surface area (Å²) in [5.41, 5.74) is 4.28. The molecule has 0 saturated carbocycles. The van der Waals surface area contributed by atoms with Crippen molar-refractivity contribution in [2.24, 2.45) is 10.7 Å². The minimum absolute atomic E-state index is 0.249. The summed E-state index contributed by atoms with van der Waals surface area (Å²) in [7, 11) is 0. The number of hydrogen-bond donors (Lipinski definition) is 1. The van der Waals surface area contributed by atoms with Crippen molar-refractivity contribution in [3.63, 3.8) is 0 Å². The highest BCUT2D eigenvalue weighted by Gasteiger charge is 2.15. The summed E-state index contributed by atoms with van der Waals surface area (Å²) in [5, 5.41) is -0.249. The number of allylic oxidation sites excluding steroid dienone is 1. The normalized spacial score (nSPS) is 12.7. The van der Waals surface area contributed by atoms with Crippen LogP contribution in [-0.2, 0) is 0 Å². The SMILES string of the molecule is C=C(Cl)/N=C(\C(F)=C/N)c1ccc(F)cc1F. The molecule has 0 bridgehead atoms. The summed E-state index contributed by atoms with van der Waals surface area (Å²) in [5.74, 6) is -2.75. The topological polar surface area (TPSA) is 38.4 Å². The van der Waals surface area contributed by atoms with Gasteiger partial charge in [-0.1, -0.05) is 18.2 Å². The Hall–Kier alpha value is -1.75. The Morgan fingerprint density at radius 3 is 2.53 bits per heavy atom. The molecule has 0 radical (unpaired) electrons. The Labute approximate surface area is 101 Å². The quantitative estimate of drug-likeness (QED) is 0.658. The average molecular weight is 261 g/mol. The molecule has 0 spiro atoms. The van der Waals surface area contributed by atoms with Crippen LogP contribution < -0.4 is 5.73 Å². The number of halogens is 4. The molecular weight excluding hydrogens is 253 g/mol. The zero-order valence-electron chi connectivity index (χ0n) is 8.55. The fourth-order valence-electron chi connectivity index (χ4n) is 1.12. The van der Waals surface area contributed by atoms with Gasteiger partial charge in [0.15, 0.2) is 5.83 Å². The molecule has 0 amide bonds. The van der Waals surface area contributed by atoms with E-state index in [-0.39, 0.29) is 10.7 Å². The van der Waals surface area contributed by atoms with Crippen LogP contribution in [0, 0.1) is 11.6 Å². The van der Waals surface area contributed by atoms with Gasteiger partial charge in [0.05, 0.1) is 0 Å². The molecule has 17 heavy (non-hydrogen) atoms. The van der Waals surface area contributed by atoms with E-state index in [1.807, 2.05) is 0 Å². The first-order chi connectivity index (χ1) is 7.95. The molecule has 0 heterocycles. The van der Waals surface area contributed by atoms with Crippen molar-refractivity contribution in [3.05, 3.63) is 59.2 Å². The molecule has 2 nitrogen and oxygen atoms in total. The Morgan fingerprint density at radius 2 is 2.06 bits per heavy atom. The van der Waals surface area contributed by atoms with Gasteiger partial charge in [0, 0.05) is 17.8 Å². The van der Waals surface area contributed by atoms with Gasteiger partial charge in [0.25, 0.3) is 0 Å². The monoisotopic (exact) mass is 260 g/mol. The summed E-state index contributed by atoms with van der Waals surface area (Å²) in [4.78, 5) is 3.51. The van der Waals surface area contributed by atoms with E-state index in [0.717, 1.165) is 12.1 Å². The van der Waals surface area contributed by atoms with Gasteiger partial charge in [-0.2, -0.15) is 0 Å². The van der Waals surface area contributed by atoms with Crippen molar-refractivity contribution in [3.8, 4) is 0 Å². The van der Waals surface area contributed by atoms with Crippen LogP contribution in [0.3, 0.4) is 0 Å². The maximum Gasteiger partial charge on any atom is 0.164 e. The van der Waals surface area contributed by atoms with Crippen LogP contribution in [0.4, 0.5) is 13.2 Å². The standard InChI is InChI=1S/C11H8ClF3N2/c1-6(12)17-11(10(15)5-16)8-3-2-7(13)4-9(8)14/h2-5H,1,16H2/b10-5+,17-11-. The second kappa shape index (κ2) is 5.54. The minimum Gasteiger partial charge on any atom is -0.402 e. The number of nitrogens with zero attached hydrogens (tertiary/aromatic N) is 1. The molecule has 0 saturated heterocycles. The average Bonchev–Trinajstić information content (AvgIpc) is 2.25. The molecule has 0 atom stereocenters. The fourth-order valence-corrected chi connectivity index (χ4v) is 1.21. The molecule has 0 aliphatic heterocycles. The van der Waals surface area contributed by atoms with Crippen LogP contribution in [0.25, 0.3) is 0 Å². The molecule has 1 rings (SSSR count). The van der Waals surface area contributed by atoms with E-state index in [0.29, 0.717) is 12.3 Å². The van der Waals surface area contributed by atoms with E-state index in [9.17, 15) is 13.2 Å². The zero-order valence-corrected chi connectivity index (χ0v) is 9.31. The summed E-state index contributed by atoms with van der Waals surface area (Å²) in [6, 6.07) is 2.60. The highest BCUT2D eigenvalue weighted by molar-refractivity contribution is 6.30. The third kappa shape index (κ3) is 3.35. The van der Waals surface area contributed by atoms with Crippen LogP contribution >= 0.6 is 11.6 Å². The predicted octanol–water partition coefficient (Wildman–Crippen LogP) is 3.23. The van der Waals surface area contributed by atoms with Gasteiger partial charge < -0.3 is 5.73 Å². The van der Waals surface area contributed by atoms with Crippen molar-refractivity contribution >= 4 is 17.3 Å². The molecule has 1 aromatic carbocycles. The highest BCUT2D eigenvalue weighted by Crippen LogP contribution is 2.18. The summed E-state index contributed by atoms with van der Waals surface area (Å²) in [6.45, 7) is 3.23. The smallest absolute Gasteiger partial charge is 0.164 e. The molecule has 0 fully saturated rings. The van der Waals surface area contributed by atoms with Gasteiger partial charge in [0.2, 0.25) is 0 Å². The van der Waals surface area contributed by atoms with Gasteiger partial charge >= 0.3 is 0 Å². The zero-order chi connectivity index (χ0) is 13.0. The lowest BCUT2D eigenvalue weighted by atomic mass is 10.1. The molecular formula is C11H8ClF3N2. The Morgan fingerprint density at radius 1 is 1.41 bits per heavy atom. The van der Waals surface area contributed by atoms with E-state index in [2.05, 4.69) is 11.6 Å². The van der Waals surface area contributed by atoms with Gasteiger partial charge in [-0.3, -0.25) is 0 Å². The number of nitrogens with two attached hydrogens (primary N) is 1. The van der Waals surface area contributed by atoms with Gasteiger partial charge in [0.1, 0.15) is 22.5 Å². The molecule has 6 heteroatoms. The molecule has 1 aromatic rings. The van der Waals surface area contributed by atoms with Crippen LogP contribution in [0.5, 0.6) is 0 Å². The molecule has 0 aromatic heterocycles. The van der Waals surface area contributed by atoms with E-state index in [1.54, 1.807) is 0 Å². The number of benzene rings is 1. The number of rotatable bonds is 3. The fraction of sp³-hybridized carbons (Fsp3) is 0. The summed E-state index contributed by atoms with van der Waals surface area (Å²) < 4.78 is 39.5. The lowest BCUT2D eigenvalue weighted by Crippen LogP contribution is -2.07. The Bertz CT molecular complexity index is 509. The van der Waals surface area contributed by atoms with Crippen molar-refractivity contribution in [2.45, 2.75) is 0 Å². The molecule has 2 N–H and O–H groups in total. The molecule has 90 valence electrons. The van der Waals surface area contributed by atoms with Crippen LogP contribution in [0.2, 0.25) is 0 Å². The first-order valence-corrected chi connectivity index (χ1v) is 4.79. The van der Waals surface area contributed by atoms with Crippen molar-refractivity contribution < 1.29 is 13.2 Å². The third-order valence-corrected chi connectivity index (χ3v) is 1.88. The maximum absolute atomic E-state index is 13.4. The van der Waals surface area contributed by atoms with Crippen LogP contribution in [0.15, 0.2) is 47.0 Å². The van der Waals surface area contributed by atoms with E-state index in [1.165, 1.54) is 0 Å². The number of aliphatic imine (C=N–C) groups is 1.